The zero-order valence-corrected chi connectivity index (χ0v) is 19.1. The fourth-order valence-corrected chi connectivity index (χ4v) is 5.18. The van der Waals surface area contributed by atoms with Gasteiger partial charge in [0.15, 0.2) is 11.6 Å². The van der Waals surface area contributed by atoms with E-state index < -0.39 is 29.3 Å². The first-order chi connectivity index (χ1) is 17.1. The van der Waals surface area contributed by atoms with Crippen LogP contribution in [0, 0.1) is 11.6 Å². The second-order valence-corrected chi connectivity index (χ2v) is 9.16. The number of carbonyl (C=O) groups excluding carboxylic acids is 2. The largest absolute Gasteiger partial charge is 0.419 e. The number of likely N-dealkylation sites (tertiary alicyclic amines) is 1. The molecule has 3 aliphatic heterocycles. The molecule has 0 atom stereocenters. The van der Waals surface area contributed by atoms with Crippen LogP contribution in [0.3, 0.4) is 0 Å². The van der Waals surface area contributed by atoms with Gasteiger partial charge in [0.2, 0.25) is 0 Å². The minimum atomic E-state index is -5.03. The van der Waals surface area contributed by atoms with Gasteiger partial charge < -0.3 is 9.80 Å². The van der Waals surface area contributed by atoms with Crippen molar-refractivity contribution in [1.82, 2.24) is 9.80 Å². The standard InChI is InChI=1S/C26H22F5N3O2/c27-20-7-6-18(21(22(20)28)26(29,30)31)15-8-10-33(11-9-15)25(36)23-19-14-34(13-17(19)12-32-23)24(35)16-4-2-1-3-5-16/h1-7,15H,8-14H2. The number of rotatable bonds is 3. The molecule has 0 bridgehead atoms. The molecule has 3 aliphatic rings. The van der Waals surface area contributed by atoms with Crippen LogP contribution in [0.5, 0.6) is 0 Å². The molecule has 0 aliphatic carbocycles. The first-order valence-corrected chi connectivity index (χ1v) is 11.6. The molecule has 5 rings (SSSR count). The first-order valence-electron chi connectivity index (χ1n) is 11.6. The van der Waals surface area contributed by atoms with Crippen LogP contribution < -0.4 is 0 Å². The number of aliphatic imine (C=N–C) groups is 1. The minimum absolute atomic E-state index is 0.135. The van der Waals surface area contributed by atoms with Gasteiger partial charge in [0.1, 0.15) is 5.71 Å². The van der Waals surface area contributed by atoms with Gasteiger partial charge >= 0.3 is 6.18 Å². The number of benzene rings is 2. The molecule has 2 aromatic rings. The van der Waals surface area contributed by atoms with Crippen molar-refractivity contribution in [3.63, 3.8) is 0 Å². The molecule has 0 N–H and O–H groups in total. The van der Waals surface area contributed by atoms with E-state index in [9.17, 15) is 31.5 Å². The highest BCUT2D eigenvalue weighted by molar-refractivity contribution is 6.46. The highest BCUT2D eigenvalue weighted by Gasteiger charge is 2.41. The Kier molecular flexibility index (Phi) is 6.13. The third kappa shape index (κ3) is 4.29. The predicted molar refractivity (Wildman–Crippen MR) is 122 cm³/mol. The Hall–Kier alpha value is -3.56. The van der Waals surface area contributed by atoms with E-state index in [4.69, 9.17) is 0 Å². The van der Waals surface area contributed by atoms with Crippen molar-refractivity contribution in [3.8, 4) is 0 Å². The molecule has 0 aromatic heterocycles. The monoisotopic (exact) mass is 503 g/mol. The highest BCUT2D eigenvalue weighted by atomic mass is 19.4. The number of carbonyl (C=O) groups is 2. The number of amides is 2. The summed E-state index contributed by atoms with van der Waals surface area (Å²) in [6, 6.07) is 10.5. The molecule has 36 heavy (non-hydrogen) atoms. The maximum Gasteiger partial charge on any atom is 0.419 e. The zero-order valence-electron chi connectivity index (χ0n) is 19.1. The van der Waals surface area contributed by atoms with Gasteiger partial charge in [0, 0.05) is 37.3 Å². The lowest BCUT2D eigenvalue weighted by atomic mass is 9.85. The third-order valence-corrected chi connectivity index (χ3v) is 7.01. The van der Waals surface area contributed by atoms with Crippen LogP contribution in [0.1, 0.15) is 40.2 Å². The van der Waals surface area contributed by atoms with E-state index in [0.29, 0.717) is 24.7 Å². The van der Waals surface area contributed by atoms with Crippen molar-refractivity contribution >= 4 is 17.5 Å². The lowest BCUT2D eigenvalue weighted by Gasteiger charge is -2.33. The summed E-state index contributed by atoms with van der Waals surface area (Å²) in [6.07, 6.45) is -4.67. The van der Waals surface area contributed by atoms with Crippen LogP contribution >= 0.6 is 0 Å². The van der Waals surface area contributed by atoms with Crippen molar-refractivity contribution in [2.45, 2.75) is 24.9 Å². The Morgan fingerprint density at radius 3 is 2.25 bits per heavy atom. The molecule has 5 nitrogen and oxygen atoms in total. The second kappa shape index (κ2) is 9.15. The maximum atomic E-state index is 14.0. The normalized spacial score (nSPS) is 18.5. The van der Waals surface area contributed by atoms with E-state index in [1.807, 2.05) is 6.07 Å². The molecule has 1 fully saturated rings. The average Bonchev–Trinajstić information content (AvgIpc) is 3.46. The van der Waals surface area contributed by atoms with Gasteiger partial charge in [-0.2, -0.15) is 13.2 Å². The third-order valence-electron chi connectivity index (χ3n) is 7.01. The molecule has 2 aromatic carbocycles. The fourth-order valence-electron chi connectivity index (χ4n) is 5.18. The van der Waals surface area contributed by atoms with Gasteiger partial charge in [-0.05, 0) is 48.1 Å². The molecule has 0 radical (unpaired) electrons. The summed E-state index contributed by atoms with van der Waals surface area (Å²) in [4.78, 5) is 33.6. The van der Waals surface area contributed by atoms with Crippen LogP contribution in [-0.4, -0.2) is 60.0 Å². The number of piperidine rings is 1. The van der Waals surface area contributed by atoms with Crippen molar-refractivity contribution in [2.24, 2.45) is 4.99 Å². The van der Waals surface area contributed by atoms with Crippen LogP contribution in [0.2, 0.25) is 0 Å². The van der Waals surface area contributed by atoms with Crippen LogP contribution in [-0.2, 0) is 11.0 Å². The Bertz CT molecular complexity index is 1280. The van der Waals surface area contributed by atoms with Crippen LogP contribution in [0.15, 0.2) is 58.6 Å². The molecule has 10 heteroatoms. The molecule has 0 saturated carbocycles. The van der Waals surface area contributed by atoms with Gasteiger partial charge in [-0.15, -0.1) is 0 Å². The SMILES string of the molecule is O=C(C1=NCC2=C1CN(C(=O)c1ccccc1)C2)N1CCC(c2ccc(F)c(F)c2C(F)(F)F)CC1. The minimum Gasteiger partial charge on any atom is -0.337 e. The van der Waals surface area contributed by atoms with Crippen LogP contribution in [0.25, 0.3) is 0 Å². The molecule has 1 saturated heterocycles. The molecule has 0 unspecified atom stereocenters. The number of nitrogens with zero attached hydrogens (tertiary/aromatic N) is 3. The number of hydrogen-bond acceptors (Lipinski definition) is 3. The molecule has 0 spiro atoms. The predicted octanol–water partition coefficient (Wildman–Crippen LogP) is 4.60. The van der Waals surface area contributed by atoms with E-state index in [-0.39, 0.29) is 55.6 Å². The smallest absolute Gasteiger partial charge is 0.337 e. The number of halogens is 5. The van der Waals surface area contributed by atoms with E-state index in [2.05, 4.69) is 4.99 Å². The summed E-state index contributed by atoms with van der Waals surface area (Å²) >= 11 is 0. The Morgan fingerprint density at radius 2 is 1.58 bits per heavy atom. The summed E-state index contributed by atoms with van der Waals surface area (Å²) in [7, 11) is 0. The van der Waals surface area contributed by atoms with Gasteiger partial charge in [-0.25, -0.2) is 8.78 Å². The summed E-state index contributed by atoms with van der Waals surface area (Å²) in [6.45, 7) is 1.31. The van der Waals surface area contributed by atoms with Crippen molar-refractivity contribution in [1.29, 1.82) is 0 Å². The van der Waals surface area contributed by atoms with Crippen molar-refractivity contribution < 1.29 is 31.5 Å². The summed E-state index contributed by atoms with van der Waals surface area (Å²) in [5, 5.41) is 0. The number of hydrogen-bond donors (Lipinski definition) is 0. The van der Waals surface area contributed by atoms with Crippen molar-refractivity contribution in [3.05, 3.63) is 81.9 Å². The van der Waals surface area contributed by atoms with Gasteiger partial charge in [-0.3, -0.25) is 14.6 Å². The van der Waals surface area contributed by atoms with E-state index >= 15 is 0 Å². The first kappa shape index (κ1) is 24.1. The zero-order chi connectivity index (χ0) is 25.6. The molecular weight excluding hydrogens is 481 g/mol. The number of alkyl halides is 3. The summed E-state index contributed by atoms with van der Waals surface area (Å²) in [5.74, 6) is -4.56. The lowest BCUT2D eigenvalue weighted by Crippen LogP contribution is -2.43. The lowest BCUT2D eigenvalue weighted by molar-refractivity contribution is -0.141. The average molecular weight is 503 g/mol. The second-order valence-electron chi connectivity index (χ2n) is 9.16. The maximum absolute atomic E-state index is 14.0. The topological polar surface area (TPSA) is 53.0 Å². The molecule has 3 heterocycles. The quantitative estimate of drug-likeness (QED) is 0.576. The highest BCUT2D eigenvalue weighted by Crippen LogP contribution is 2.41. The van der Waals surface area contributed by atoms with E-state index in [1.54, 1.807) is 29.2 Å². The molecular formula is C26H22F5N3O2. The van der Waals surface area contributed by atoms with Gasteiger partial charge in [-0.1, -0.05) is 24.3 Å². The molecule has 2 amide bonds. The summed E-state index contributed by atoms with van der Waals surface area (Å²) < 4.78 is 67.9. The summed E-state index contributed by atoms with van der Waals surface area (Å²) in [5.41, 5.74) is 0.621. The Labute approximate surface area is 203 Å². The van der Waals surface area contributed by atoms with Gasteiger partial charge in [0.05, 0.1) is 12.1 Å². The molecule has 188 valence electrons. The van der Waals surface area contributed by atoms with Crippen LogP contribution in [0.4, 0.5) is 22.0 Å². The van der Waals surface area contributed by atoms with Gasteiger partial charge in [0.25, 0.3) is 11.8 Å². The van der Waals surface area contributed by atoms with Crippen molar-refractivity contribution in [2.75, 3.05) is 32.7 Å². The van der Waals surface area contributed by atoms with E-state index in [0.717, 1.165) is 17.2 Å². The Balaban J connectivity index is 1.25. The Morgan fingerprint density at radius 1 is 0.889 bits per heavy atom. The fraction of sp³-hybridized carbons (Fsp3) is 0.346. The van der Waals surface area contributed by atoms with E-state index in [1.165, 1.54) is 4.90 Å².